The lowest BCUT2D eigenvalue weighted by molar-refractivity contribution is 0.0747. The number of rotatable bonds is 5. The zero-order valence-electron chi connectivity index (χ0n) is 16.2. The minimum Gasteiger partial charge on any atom is -0.380 e. The number of aliphatic hydroxyl groups is 1. The van der Waals surface area contributed by atoms with Gasteiger partial charge in [0, 0.05) is 5.56 Å². The molecule has 0 fully saturated rings. The van der Waals surface area contributed by atoms with Crippen molar-refractivity contribution in [2.24, 2.45) is 5.92 Å². The molecule has 2 atom stereocenters. The number of hydrogen-bond acceptors (Lipinski definition) is 2. The van der Waals surface area contributed by atoms with Crippen molar-refractivity contribution in [3.8, 4) is 0 Å². The summed E-state index contributed by atoms with van der Waals surface area (Å²) in [6.07, 6.45) is -1.12. The van der Waals surface area contributed by atoms with Gasteiger partial charge in [-0.25, -0.2) is 0 Å². The summed E-state index contributed by atoms with van der Waals surface area (Å²) in [6.45, 7) is 13.0. The van der Waals surface area contributed by atoms with E-state index >= 15 is 0 Å². The minimum absolute atomic E-state index is 0.0520. The Bertz CT molecular complexity index is 703. The fourth-order valence-electron chi connectivity index (χ4n) is 2.81. The van der Waals surface area contributed by atoms with Crippen molar-refractivity contribution in [3.63, 3.8) is 0 Å². The van der Waals surface area contributed by atoms with E-state index in [2.05, 4.69) is 41.5 Å². The van der Waals surface area contributed by atoms with Gasteiger partial charge in [-0.2, -0.15) is 0 Å². The number of Topliss-reactive ketones (excluding diaryl/α,β-unsaturated/α-hetero) is 1. The maximum Gasteiger partial charge on any atom is 0.195 e. The Morgan fingerprint density at radius 1 is 0.840 bits per heavy atom. The summed E-state index contributed by atoms with van der Waals surface area (Å²) in [5, 5.41) is 10.5. The molecule has 2 aromatic rings. The molecule has 2 rings (SSSR count). The van der Waals surface area contributed by atoms with Gasteiger partial charge in [0.2, 0.25) is 0 Å². The molecule has 0 saturated carbocycles. The van der Waals surface area contributed by atoms with Crippen molar-refractivity contribution < 1.29 is 9.90 Å². The van der Waals surface area contributed by atoms with Gasteiger partial charge >= 0.3 is 0 Å². The van der Waals surface area contributed by atoms with Crippen LogP contribution in [-0.4, -0.2) is 10.9 Å². The molecule has 0 radical (unpaired) electrons. The molecule has 0 aromatic heterocycles. The van der Waals surface area contributed by atoms with Crippen LogP contribution in [0.5, 0.6) is 0 Å². The van der Waals surface area contributed by atoms with Crippen LogP contribution in [0.4, 0.5) is 0 Å². The van der Waals surface area contributed by atoms with Crippen molar-refractivity contribution in [2.45, 2.75) is 59.0 Å². The monoisotopic (exact) mass is 338 g/mol. The maximum absolute atomic E-state index is 12.6. The molecule has 2 heteroatoms. The van der Waals surface area contributed by atoms with Crippen molar-refractivity contribution in [3.05, 3.63) is 70.8 Å². The van der Waals surface area contributed by atoms with Crippen molar-refractivity contribution in [1.29, 1.82) is 0 Å². The molecule has 0 saturated heterocycles. The second kappa shape index (κ2) is 7.53. The fourth-order valence-corrected chi connectivity index (χ4v) is 2.81. The fraction of sp³-hybridized carbons (Fsp3) is 0.435. The average Bonchev–Trinajstić information content (AvgIpc) is 2.59. The summed E-state index contributed by atoms with van der Waals surface area (Å²) in [5.74, 6) is 0.736. The van der Waals surface area contributed by atoms with E-state index in [1.54, 1.807) is 0 Å². The van der Waals surface area contributed by atoms with Crippen LogP contribution in [0.2, 0.25) is 0 Å². The summed E-state index contributed by atoms with van der Waals surface area (Å²) in [5.41, 5.74) is 3.64. The quantitative estimate of drug-likeness (QED) is 0.714. The molecule has 25 heavy (non-hydrogen) atoms. The number of benzene rings is 2. The average molecular weight is 338 g/mol. The summed E-state index contributed by atoms with van der Waals surface area (Å²) in [4.78, 5) is 12.6. The third-order valence-corrected chi connectivity index (χ3v) is 5.06. The molecular weight excluding hydrogens is 308 g/mol. The molecule has 0 heterocycles. The minimum atomic E-state index is -1.12. The van der Waals surface area contributed by atoms with E-state index in [1.165, 1.54) is 11.1 Å². The Kier molecular flexibility index (Phi) is 5.84. The van der Waals surface area contributed by atoms with Crippen LogP contribution in [0.1, 0.15) is 80.6 Å². The highest BCUT2D eigenvalue weighted by atomic mass is 16.3. The molecule has 2 aromatic carbocycles. The lowest BCUT2D eigenvalue weighted by Gasteiger charge is -2.20. The van der Waals surface area contributed by atoms with E-state index in [4.69, 9.17) is 0 Å². The zero-order valence-corrected chi connectivity index (χ0v) is 16.2. The van der Waals surface area contributed by atoms with Gasteiger partial charge in [-0.05, 0) is 33.9 Å². The van der Waals surface area contributed by atoms with E-state index in [0.29, 0.717) is 23.0 Å². The topological polar surface area (TPSA) is 37.3 Å². The third-order valence-electron chi connectivity index (χ3n) is 5.06. The Morgan fingerprint density at radius 2 is 1.32 bits per heavy atom. The molecule has 0 aliphatic rings. The smallest absolute Gasteiger partial charge is 0.195 e. The maximum atomic E-state index is 12.6. The predicted molar refractivity (Wildman–Crippen MR) is 104 cm³/mol. The Balaban J connectivity index is 2.17. The number of hydrogen-bond donors (Lipinski definition) is 1. The van der Waals surface area contributed by atoms with Crippen molar-refractivity contribution in [1.82, 2.24) is 0 Å². The molecular formula is C23H30O2. The van der Waals surface area contributed by atoms with Crippen LogP contribution in [0, 0.1) is 5.92 Å². The highest BCUT2D eigenvalue weighted by Crippen LogP contribution is 2.27. The first kappa shape index (κ1) is 19.4. The lowest BCUT2D eigenvalue weighted by Crippen LogP contribution is -2.14. The highest BCUT2D eigenvalue weighted by molar-refractivity contribution is 5.99. The molecule has 2 nitrogen and oxygen atoms in total. The molecule has 0 bridgehead atoms. The first-order chi connectivity index (χ1) is 11.6. The Morgan fingerprint density at radius 3 is 1.76 bits per heavy atom. The Labute approximate surface area is 151 Å². The van der Waals surface area contributed by atoms with E-state index in [9.17, 15) is 9.90 Å². The molecule has 134 valence electrons. The second-order valence-electron chi connectivity index (χ2n) is 8.29. The summed E-state index contributed by atoms with van der Waals surface area (Å²) >= 11 is 0. The van der Waals surface area contributed by atoms with E-state index in [0.717, 1.165) is 0 Å². The SMILES string of the molecule is CC(C)C(C)c1ccc(C(=O)C(O)c2ccc(C(C)(C)C)cc2)cc1. The number of aliphatic hydroxyl groups excluding tert-OH is 1. The molecule has 0 aliphatic heterocycles. The second-order valence-corrected chi connectivity index (χ2v) is 8.29. The van der Waals surface area contributed by atoms with Crippen LogP contribution in [0.25, 0.3) is 0 Å². The molecule has 0 aliphatic carbocycles. The van der Waals surface area contributed by atoms with Gasteiger partial charge in [0.05, 0.1) is 0 Å². The van der Waals surface area contributed by atoms with Crippen LogP contribution >= 0.6 is 0 Å². The first-order valence-electron chi connectivity index (χ1n) is 9.04. The van der Waals surface area contributed by atoms with E-state index < -0.39 is 6.10 Å². The highest BCUT2D eigenvalue weighted by Gasteiger charge is 2.21. The largest absolute Gasteiger partial charge is 0.380 e. The van der Waals surface area contributed by atoms with Gasteiger partial charge in [0.1, 0.15) is 6.10 Å². The molecule has 1 N–H and O–H groups in total. The van der Waals surface area contributed by atoms with E-state index in [1.807, 2.05) is 48.5 Å². The lowest BCUT2D eigenvalue weighted by atomic mass is 9.86. The van der Waals surface area contributed by atoms with Crippen molar-refractivity contribution in [2.75, 3.05) is 0 Å². The van der Waals surface area contributed by atoms with Gasteiger partial charge in [0.15, 0.2) is 5.78 Å². The van der Waals surface area contributed by atoms with Gasteiger partial charge in [0.25, 0.3) is 0 Å². The normalized spacial score (nSPS) is 14.4. The van der Waals surface area contributed by atoms with Crippen LogP contribution in [0.15, 0.2) is 48.5 Å². The molecule has 0 amide bonds. The van der Waals surface area contributed by atoms with Crippen LogP contribution in [-0.2, 0) is 5.41 Å². The summed E-state index contributed by atoms with van der Waals surface area (Å²) in [7, 11) is 0. The van der Waals surface area contributed by atoms with Gasteiger partial charge in [-0.3, -0.25) is 4.79 Å². The Hall–Kier alpha value is -1.93. The number of carbonyl (C=O) groups is 1. The van der Waals surface area contributed by atoms with Crippen LogP contribution < -0.4 is 0 Å². The van der Waals surface area contributed by atoms with Crippen molar-refractivity contribution >= 4 is 5.78 Å². The summed E-state index contributed by atoms with van der Waals surface area (Å²) in [6, 6.07) is 15.3. The number of carbonyl (C=O) groups excluding carboxylic acids is 1. The van der Waals surface area contributed by atoms with Gasteiger partial charge in [-0.1, -0.05) is 90.1 Å². The predicted octanol–water partition coefficient (Wildman–Crippen LogP) is 5.66. The standard InChI is InChI=1S/C23H30O2/c1-15(2)16(3)17-7-9-18(10-8-17)21(24)22(25)19-11-13-20(14-12-19)23(4,5)6/h7-16,22,25H,1-6H3. The third kappa shape index (κ3) is 4.58. The first-order valence-corrected chi connectivity index (χ1v) is 9.04. The number of ketones is 1. The zero-order chi connectivity index (χ0) is 18.8. The van der Waals surface area contributed by atoms with Gasteiger partial charge < -0.3 is 5.11 Å². The van der Waals surface area contributed by atoms with Gasteiger partial charge in [-0.15, -0.1) is 0 Å². The summed E-state index contributed by atoms with van der Waals surface area (Å²) < 4.78 is 0. The molecule has 2 unspecified atom stereocenters. The molecule has 0 spiro atoms. The van der Waals surface area contributed by atoms with E-state index in [-0.39, 0.29) is 11.2 Å². The van der Waals surface area contributed by atoms with Crippen LogP contribution in [0.3, 0.4) is 0 Å².